The van der Waals surface area contributed by atoms with Gasteiger partial charge in [-0.25, -0.2) is 0 Å². The Bertz CT molecular complexity index is 259. The Morgan fingerprint density at radius 1 is 1.20 bits per heavy atom. The molecule has 0 aromatic heterocycles. The lowest BCUT2D eigenvalue weighted by molar-refractivity contribution is -0.328. The Hall–Kier alpha value is -0.240. The van der Waals surface area contributed by atoms with E-state index in [0.29, 0.717) is 0 Å². The molecule has 6 nitrogen and oxygen atoms in total. The molecule has 5 unspecified atom stereocenters. The molecule has 5 N–H and O–H groups in total. The van der Waals surface area contributed by atoms with E-state index >= 15 is 0 Å². The number of aliphatic hydroxyl groups excluding tert-OH is 4. The lowest BCUT2D eigenvalue weighted by Crippen LogP contribution is -2.58. The molecule has 2 rings (SSSR count). The number of hydrogen-bond acceptors (Lipinski definition) is 6. The van der Waals surface area contributed by atoms with E-state index in [9.17, 15) is 15.3 Å². The number of ether oxygens (including phenoxy) is 1. The maximum absolute atomic E-state index is 10.0. The monoisotopic (exact) mass is 220 g/mol. The first kappa shape index (κ1) is 11.3. The van der Waals surface area contributed by atoms with E-state index in [1.807, 2.05) is 0 Å². The predicted octanol–water partition coefficient (Wildman–Crippen LogP) is -2.44. The maximum Gasteiger partial charge on any atom is 0.198 e. The van der Waals surface area contributed by atoms with Gasteiger partial charge in [0, 0.05) is 12.3 Å². The molecule has 5 atom stereocenters. The van der Waals surface area contributed by atoms with Crippen molar-refractivity contribution < 1.29 is 30.3 Å². The summed E-state index contributed by atoms with van der Waals surface area (Å²) in [7, 11) is 0. The van der Waals surface area contributed by atoms with Gasteiger partial charge in [0.1, 0.15) is 11.7 Å². The normalized spacial score (nSPS) is 54.6. The van der Waals surface area contributed by atoms with Crippen LogP contribution in [0.4, 0.5) is 0 Å². The van der Waals surface area contributed by atoms with Crippen molar-refractivity contribution in [1.29, 1.82) is 0 Å². The number of aliphatic hydroxyl groups is 5. The van der Waals surface area contributed by atoms with Gasteiger partial charge in [0.15, 0.2) is 5.79 Å². The molecule has 0 aliphatic carbocycles. The summed E-state index contributed by atoms with van der Waals surface area (Å²) in [6.07, 6.45) is -2.11. The highest BCUT2D eigenvalue weighted by atomic mass is 16.7. The molecule has 0 spiro atoms. The Morgan fingerprint density at radius 2 is 1.87 bits per heavy atom. The molecule has 6 heteroatoms. The Kier molecular flexibility index (Phi) is 2.53. The van der Waals surface area contributed by atoms with Crippen molar-refractivity contribution in [3.8, 4) is 0 Å². The lowest BCUT2D eigenvalue weighted by atomic mass is 9.87. The summed E-state index contributed by atoms with van der Waals surface area (Å²) < 4.78 is 5.20. The summed E-state index contributed by atoms with van der Waals surface area (Å²) in [5, 5.41) is 47.6. The first-order valence-electron chi connectivity index (χ1n) is 4.99. The molecule has 15 heavy (non-hydrogen) atoms. The van der Waals surface area contributed by atoms with Crippen molar-refractivity contribution in [2.45, 2.75) is 36.4 Å². The smallest absolute Gasteiger partial charge is 0.198 e. The van der Waals surface area contributed by atoms with Crippen LogP contribution in [-0.2, 0) is 4.74 Å². The number of fused-ring (bicyclic) bond motifs is 2. The minimum absolute atomic E-state index is 0.0301. The molecular formula is C9H16O6. The molecule has 0 saturated carbocycles. The molecule has 2 bridgehead atoms. The third kappa shape index (κ3) is 1.33. The fourth-order valence-electron chi connectivity index (χ4n) is 2.53. The summed E-state index contributed by atoms with van der Waals surface area (Å²) >= 11 is 0. The van der Waals surface area contributed by atoms with Gasteiger partial charge in [0.25, 0.3) is 0 Å². The highest BCUT2D eigenvalue weighted by Gasteiger charge is 2.65. The van der Waals surface area contributed by atoms with Crippen molar-refractivity contribution >= 4 is 0 Å². The van der Waals surface area contributed by atoms with Gasteiger partial charge >= 0.3 is 0 Å². The summed E-state index contributed by atoms with van der Waals surface area (Å²) in [6.45, 7) is -0.849. The summed E-state index contributed by atoms with van der Waals surface area (Å²) in [4.78, 5) is 0. The Balaban J connectivity index is 2.32. The molecule has 2 aliphatic rings. The van der Waals surface area contributed by atoms with Gasteiger partial charge in [-0.2, -0.15) is 0 Å². The van der Waals surface area contributed by atoms with Crippen LogP contribution in [0.2, 0.25) is 0 Å². The average molecular weight is 220 g/mol. The van der Waals surface area contributed by atoms with E-state index in [2.05, 4.69) is 0 Å². The van der Waals surface area contributed by atoms with Gasteiger partial charge in [0.05, 0.1) is 19.3 Å². The van der Waals surface area contributed by atoms with Crippen molar-refractivity contribution in [3.05, 3.63) is 0 Å². The van der Waals surface area contributed by atoms with E-state index in [1.54, 1.807) is 0 Å². The minimum Gasteiger partial charge on any atom is -0.396 e. The van der Waals surface area contributed by atoms with E-state index < -0.39 is 36.1 Å². The standard InChI is InChI=1S/C9H16O6/c10-3-5-1-6(12)8(4-11)2-7(13)9(5,14)15-8/h5-7,10-14H,1-4H2. The molecule has 88 valence electrons. The van der Waals surface area contributed by atoms with Gasteiger partial charge in [-0.05, 0) is 6.42 Å². The molecule has 0 aromatic rings. The predicted molar refractivity (Wildman–Crippen MR) is 47.7 cm³/mol. The lowest BCUT2D eigenvalue weighted by Gasteiger charge is -2.44. The van der Waals surface area contributed by atoms with Crippen LogP contribution in [0.25, 0.3) is 0 Å². The van der Waals surface area contributed by atoms with Crippen molar-refractivity contribution in [2.75, 3.05) is 13.2 Å². The second kappa shape index (κ2) is 3.38. The van der Waals surface area contributed by atoms with Crippen LogP contribution >= 0.6 is 0 Å². The van der Waals surface area contributed by atoms with Crippen LogP contribution in [0.15, 0.2) is 0 Å². The molecule has 2 aliphatic heterocycles. The molecule has 0 aromatic carbocycles. The van der Waals surface area contributed by atoms with E-state index in [-0.39, 0.29) is 19.4 Å². The summed E-state index contributed by atoms with van der Waals surface area (Å²) in [5.41, 5.74) is -1.29. The number of rotatable bonds is 2. The zero-order valence-electron chi connectivity index (χ0n) is 8.20. The van der Waals surface area contributed by atoms with E-state index in [4.69, 9.17) is 14.9 Å². The minimum atomic E-state index is -1.85. The summed E-state index contributed by atoms with van der Waals surface area (Å²) in [5.74, 6) is -2.58. The molecule has 0 radical (unpaired) electrons. The zero-order valence-corrected chi connectivity index (χ0v) is 8.20. The number of hydrogen-bond donors (Lipinski definition) is 5. The zero-order chi connectivity index (χ0) is 11.3. The van der Waals surface area contributed by atoms with Crippen LogP contribution in [0.5, 0.6) is 0 Å². The fraction of sp³-hybridized carbons (Fsp3) is 1.00. The molecule has 0 amide bonds. The van der Waals surface area contributed by atoms with E-state index in [0.717, 1.165) is 0 Å². The second-order valence-electron chi connectivity index (χ2n) is 4.43. The third-order valence-corrected chi connectivity index (χ3v) is 3.57. The highest BCUT2D eigenvalue weighted by molar-refractivity contribution is 5.09. The largest absolute Gasteiger partial charge is 0.396 e. The van der Waals surface area contributed by atoms with Crippen molar-refractivity contribution in [3.63, 3.8) is 0 Å². The molecule has 2 saturated heterocycles. The van der Waals surface area contributed by atoms with Crippen LogP contribution in [0.1, 0.15) is 12.8 Å². The molecule has 2 heterocycles. The van der Waals surface area contributed by atoms with Gasteiger partial charge in [-0.1, -0.05) is 0 Å². The maximum atomic E-state index is 10.0. The fourth-order valence-corrected chi connectivity index (χ4v) is 2.53. The van der Waals surface area contributed by atoms with Crippen LogP contribution in [0, 0.1) is 5.92 Å². The van der Waals surface area contributed by atoms with E-state index in [1.165, 1.54) is 0 Å². The molecule has 2 fully saturated rings. The Labute approximate surface area is 86.7 Å². The van der Waals surface area contributed by atoms with Gasteiger partial charge in [-0.15, -0.1) is 0 Å². The first-order chi connectivity index (χ1) is 6.98. The van der Waals surface area contributed by atoms with Gasteiger partial charge in [0.2, 0.25) is 0 Å². The van der Waals surface area contributed by atoms with Crippen molar-refractivity contribution in [1.82, 2.24) is 0 Å². The molecular weight excluding hydrogens is 204 g/mol. The highest BCUT2D eigenvalue weighted by Crippen LogP contribution is 2.49. The van der Waals surface area contributed by atoms with Crippen LogP contribution < -0.4 is 0 Å². The quantitative estimate of drug-likeness (QED) is 0.353. The van der Waals surface area contributed by atoms with Crippen LogP contribution in [-0.4, -0.2) is 62.3 Å². The van der Waals surface area contributed by atoms with Gasteiger partial charge < -0.3 is 30.3 Å². The first-order valence-corrected chi connectivity index (χ1v) is 4.99. The average Bonchev–Trinajstić information content (AvgIpc) is 2.45. The third-order valence-electron chi connectivity index (χ3n) is 3.57. The second-order valence-corrected chi connectivity index (χ2v) is 4.43. The van der Waals surface area contributed by atoms with Crippen LogP contribution in [0.3, 0.4) is 0 Å². The van der Waals surface area contributed by atoms with Gasteiger partial charge in [-0.3, -0.25) is 0 Å². The summed E-state index contributed by atoms with van der Waals surface area (Å²) in [6, 6.07) is 0. The topological polar surface area (TPSA) is 110 Å². The Morgan fingerprint density at radius 3 is 2.40 bits per heavy atom. The SMILES string of the molecule is OCC1CC(O)C2(CO)CC(O)C1(O)O2. The van der Waals surface area contributed by atoms with Crippen molar-refractivity contribution in [2.24, 2.45) is 5.92 Å².